The number of carbonyl (C=O) groups is 4. The SMILES string of the molecule is CCOC(=O)c1ccc(N2C(=O)C3Sc4c(sc(=O)n4CC(=O)N4CCCCC4)C(c4cccc(Br)c4)C3C2=O)cc1. The van der Waals surface area contributed by atoms with E-state index in [0.29, 0.717) is 34.2 Å². The summed E-state index contributed by atoms with van der Waals surface area (Å²) < 4.78 is 7.35. The minimum absolute atomic E-state index is 0.0958. The third kappa shape index (κ3) is 5.13. The van der Waals surface area contributed by atoms with E-state index in [1.165, 1.54) is 33.4 Å². The maximum absolute atomic E-state index is 14.1. The number of piperidine rings is 1. The molecular formula is C30H28BrN3O6S2. The minimum atomic E-state index is -0.788. The monoisotopic (exact) mass is 669 g/mol. The number of rotatable bonds is 6. The molecule has 2 fully saturated rings. The summed E-state index contributed by atoms with van der Waals surface area (Å²) >= 11 is 5.76. The summed E-state index contributed by atoms with van der Waals surface area (Å²) in [5.74, 6) is -2.66. The van der Waals surface area contributed by atoms with Crippen molar-refractivity contribution in [1.29, 1.82) is 0 Å². The highest BCUT2D eigenvalue weighted by atomic mass is 79.9. The topological polar surface area (TPSA) is 106 Å². The molecule has 3 amide bonds. The van der Waals surface area contributed by atoms with E-state index in [2.05, 4.69) is 15.9 Å². The molecule has 3 aromatic rings. The fourth-order valence-corrected chi connectivity index (χ4v) is 9.10. The molecule has 2 saturated heterocycles. The molecule has 0 spiro atoms. The van der Waals surface area contributed by atoms with E-state index in [1.54, 1.807) is 24.0 Å². The number of thioether (sulfide) groups is 1. The first-order valence-electron chi connectivity index (χ1n) is 13.9. The molecule has 218 valence electrons. The zero-order chi connectivity index (χ0) is 29.5. The number of likely N-dealkylation sites (tertiary alicyclic amines) is 1. The van der Waals surface area contributed by atoms with Crippen LogP contribution in [0.2, 0.25) is 0 Å². The van der Waals surface area contributed by atoms with Crippen molar-refractivity contribution in [3.63, 3.8) is 0 Å². The lowest BCUT2D eigenvalue weighted by Crippen LogP contribution is -2.39. The Hall–Kier alpha value is -3.22. The van der Waals surface area contributed by atoms with Gasteiger partial charge in [-0.1, -0.05) is 51.2 Å². The van der Waals surface area contributed by atoms with Crippen LogP contribution in [0.4, 0.5) is 5.69 Å². The summed E-state index contributed by atoms with van der Waals surface area (Å²) in [7, 11) is 0. The number of nitrogens with zero attached hydrogens (tertiary/aromatic N) is 3. The molecule has 2 aromatic carbocycles. The number of fused-ring (bicyclic) bond motifs is 2. The lowest BCUT2D eigenvalue weighted by Gasteiger charge is -2.31. The molecule has 4 heterocycles. The minimum Gasteiger partial charge on any atom is -0.462 e. The van der Waals surface area contributed by atoms with Crippen molar-refractivity contribution in [1.82, 2.24) is 9.47 Å². The largest absolute Gasteiger partial charge is 0.462 e. The first kappa shape index (κ1) is 28.9. The van der Waals surface area contributed by atoms with Crippen LogP contribution in [-0.2, 0) is 25.7 Å². The number of anilines is 1. The fraction of sp³-hybridized carbons (Fsp3) is 0.367. The maximum atomic E-state index is 14.1. The number of aromatic nitrogens is 1. The van der Waals surface area contributed by atoms with Crippen LogP contribution in [0.15, 0.2) is 62.8 Å². The second kappa shape index (κ2) is 11.8. The number of benzene rings is 2. The number of carbonyl (C=O) groups excluding carboxylic acids is 4. The van der Waals surface area contributed by atoms with E-state index in [1.807, 2.05) is 24.3 Å². The summed E-state index contributed by atoms with van der Waals surface area (Å²) in [5, 5.41) is -0.216. The highest BCUT2D eigenvalue weighted by Crippen LogP contribution is 2.54. The molecular weight excluding hydrogens is 642 g/mol. The summed E-state index contributed by atoms with van der Waals surface area (Å²) in [6.45, 7) is 3.21. The molecule has 3 unspecified atom stereocenters. The zero-order valence-corrected chi connectivity index (χ0v) is 26.0. The predicted molar refractivity (Wildman–Crippen MR) is 163 cm³/mol. The van der Waals surface area contributed by atoms with E-state index in [0.717, 1.165) is 40.6 Å². The van der Waals surface area contributed by atoms with Crippen molar-refractivity contribution in [2.45, 2.75) is 48.9 Å². The van der Waals surface area contributed by atoms with Crippen molar-refractivity contribution < 1.29 is 23.9 Å². The van der Waals surface area contributed by atoms with E-state index in [4.69, 9.17) is 4.74 Å². The van der Waals surface area contributed by atoms with Gasteiger partial charge in [-0.05, 0) is 68.1 Å². The van der Waals surface area contributed by atoms with Gasteiger partial charge in [-0.25, -0.2) is 9.69 Å². The predicted octanol–water partition coefficient (Wildman–Crippen LogP) is 4.66. The number of amides is 3. The second-order valence-corrected chi connectivity index (χ2v) is 13.5. The maximum Gasteiger partial charge on any atom is 0.338 e. The Kier molecular flexibility index (Phi) is 8.12. The number of thiazole rings is 1. The van der Waals surface area contributed by atoms with Gasteiger partial charge in [0.25, 0.3) is 0 Å². The molecule has 0 bridgehead atoms. The third-order valence-electron chi connectivity index (χ3n) is 7.90. The normalized spacial score (nSPS) is 21.7. The Morgan fingerprint density at radius 2 is 1.74 bits per heavy atom. The van der Waals surface area contributed by atoms with Crippen LogP contribution in [0.5, 0.6) is 0 Å². The van der Waals surface area contributed by atoms with Gasteiger partial charge in [-0.15, -0.1) is 0 Å². The van der Waals surface area contributed by atoms with Gasteiger partial charge in [0.2, 0.25) is 17.7 Å². The first-order valence-corrected chi connectivity index (χ1v) is 16.4. The third-order valence-corrected chi connectivity index (χ3v) is 11.0. The summed E-state index contributed by atoms with van der Waals surface area (Å²) in [4.78, 5) is 70.1. The molecule has 42 heavy (non-hydrogen) atoms. The first-order chi connectivity index (χ1) is 20.3. The Labute approximate surface area is 259 Å². The lowest BCUT2D eigenvalue weighted by atomic mass is 9.83. The van der Waals surface area contributed by atoms with Crippen molar-refractivity contribution in [2.24, 2.45) is 5.92 Å². The van der Waals surface area contributed by atoms with Gasteiger partial charge in [0.1, 0.15) is 11.8 Å². The Balaban J connectivity index is 1.39. The van der Waals surface area contributed by atoms with Crippen molar-refractivity contribution >= 4 is 68.4 Å². The van der Waals surface area contributed by atoms with Gasteiger partial charge in [0.15, 0.2) is 0 Å². The molecule has 0 saturated carbocycles. The quantitative estimate of drug-likeness (QED) is 0.278. The van der Waals surface area contributed by atoms with Gasteiger partial charge in [0, 0.05) is 28.4 Å². The Bertz CT molecular complexity index is 1630. The summed E-state index contributed by atoms with van der Waals surface area (Å²) in [5.41, 5.74) is 1.49. The molecule has 0 aliphatic carbocycles. The van der Waals surface area contributed by atoms with E-state index in [-0.39, 0.29) is 29.8 Å². The smallest absolute Gasteiger partial charge is 0.338 e. The molecule has 1 aromatic heterocycles. The molecule has 0 radical (unpaired) electrons. The number of imide groups is 1. The molecule has 12 heteroatoms. The number of halogens is 1. The van der Waals surface area contributed by atoms with Gasteiger partial charge in [-0.2, -0.15) is 0 Å². The average Bonchev–Trinajstić information content (AvgIpc) is 3.43. The molecule has 6 rings (SSSR count). The van der Waals surface area contributed by atoms with E-state index < -0.39 is 29.0 Å². The summed E-state index contributed by atoms with van der Waals surface area (Å²) in [6, 6.07) is 13.8. The van der Waals surface area contributed by atoms with Crippen molar-refractivity contribution in [2.75, 3.05) is 24.6 Å². The number of esters is 1. The van der Waals surface area contributed by atoms with Crippen LogP contribution in [0.3, 0.4) is 0 Å². The molecule has 9 nitrogen and oxygen atoms in total. The second-order valence-electron chi connectivity index (χ2n) is 10.4. The van der Waals surface area contributed by atoms with Crippen LogP contribution in [0, 0.1) is 5.92 Å². The van der Waals surface area contributed by atoms with Gasteiger partial charge in [-0.3, -0.25) is 23.7 Å². The Morgan fingerprint density at radius 1 is 1.00 bits per heavy atom. The summed E-state index contributed by atoms with van der Waals surface area (Å²) in [6.07, 6.45) is 2.97. The van der Waals surface area contributed by atoms with Gasteiger partial charge in [0.05, 0.1) is 28.8 Å². The number of ether oxygens (including phenoxy) is 1. The highest BCUT2D eigenvalue weighted by molar-refractivity contribution is 9.10. The van der Waals surface area contributed by atoms with Crippen LogP contribution < -0.4 is 9.77 Å². The molecule has 3 aliphatic rings. The van der Waals surface area contributed by atoms with Crippen LogP contribution in [-0.4, -0.2) is 58.1 Å². The zero-order valence-electron chi connectivity index (χ0n) is 22.8. The van der Waals surface area contributed by atoms with Crippen LogP contribution >= 0.6 is 39.0 Å². The van der Waals surface area contributed by atoms with Crippen molar-refractivity contribution in [3.8, 4) is 0 Å². The van der Waals surface area contributed by atoms with Crippen molar-refractivity contribution in [3.05, 3.63) is 78.7 Å². The lowest BCUT2D eigenvalue weighted by molar-refractivity contribution is -0.133. The fourth-order valence-electron chi connectivity index (χ4n) is 5.91. The van der Waals surface area contributed by atoms with Gasteiger partial charge < -0.3 is 9.64 Å². The Morgan fingerprint density at radius 3 is 2.43 bits per heavy atom. The standard InChI is InChI=1S/C30H28BrN3O6S2/c1-2-40-29(38)17-9-11-20(12-10-17)34-26(36)23-22(18-7-6-8-19(31)15-18)25-28(41-24(23)27(34)37)33(30(39)42-25)16-21(35)32-13-4-3-5-14-32/h6-12,15,22-24H,2-5,13-14,16H2,1H3. The average molecular weight is 671 g/mol. The number of hydrogen-bond donors (Lipinski definition) is 0. The van der Waals surface area contributed by atoms with Gasteiger partial charge >= 0.3 is 10.8 Å². The van der Waals surface area contributed by atoms with Crippen LogP contribution in [0.1, 0.15) is 52.9 Å². The molecule has 3 atom stereocenters. The van der Waals surface area contributed by atoms with E-state index >= 15 is 0 Å². The number of hydrogen-bond acceptors (Lipinski definition) is 8. The molecule has 0 N–H and O–H groups in total. The molecule has 3 aliphatic heterocycles. The highest BCUT2D eigenvalue weighted by Gasteiger charge is 2.57. The van der Waals surface area contributed by atoms with Crippen LogP contribution in [0.25, 0.3) is 0 Å². The van der Waals surface area contributed by atoms with E-state index in [9.17, 15) is 24.0 Å².